The molecule has 2 heterocycles. The molecule has 0 saturated heterocycles. The molecule has 0 spiro atoms. The van der Waals surface area contributed by atoms with Crippen molar-refractivity contribution in [2.75, 3.05) is 26.1 Å². The maximum atomic E-state index is 11.2. The molecule has 0 bridgehead atoms. The largest absolute Gasteiger partial charge is 0.493 e. The Morgan fingerprint density at radius 2 is 1.91 bits per heavy atom. The Kier molecular flexibility index (Phi) is 9.31. The number of unbranched alkanes of at least 4 members (excludes halogenated alkanes) is 3. The number of fused-ring (bicyclic) bond motifs is 1. The number of ether oxygens (including phenoxy) is 3. The van der Waals surface area contributed by atoms with Crippen LogP contribution in [0.1, 0.15) is 55.8 Å². The van der Waals surface area contributed by atoms with Crippen LogP contribution in [0.2, 0.25) is 0 Å². The molecule has 1 atom stereocenters. The van der Waals surface area contributed by atoms with Gasteiger partial charge in [0.25, 0.3) is 0 Å². The van der Waals surface area contributed by atoms with Crippen LogP contribution in [0.4, 0.5) is 5.82 Å². The smallest absolute Gasteiger partial charge is 0.305 e. The Morgan fingerprint density at radius 1 is 1.12 bits per heavy atom. The molecule has 7 nitrogen and oxygen atoms in total. The van der Waals surface area contributed by atoms with Gasteiger partial charge in [0.2, 0.25) is 0 Å². The number of anilines is 1. The summed E-state index contributed by atoms with van der Waals surface area (Å²) in [5.74, 6) is 2.61. The Labute approximate surface area is 207 Å². The van der Waals surface area contributed by atoms with Gasteiger partial charge in [0.05, 0.1) is 32.4 Å². The van der Waals surface area contributed by atoms with Crippen molar-refractivity contribution >= 4 is 50.0 Å². The van der Waals surface area contributed by atoms with Crippen LogP contribution >= 0.6 is 27.3 Å². The number of benzene rings is 1. The predicted molar refractivity (Wildman–Crippen MR) is 135 cm³/mol. The molecule has 0 aliphatic rings. The van der Waals surface area contributed by atoms with Gasteiger partial charge in [0, 0.05) is 32.6 Å². The summed E-state index contributed by atoms with van der Waals surface area (Å²) in [6.45, 7) is 4.57. The molecule has 3 rings (SSSR count). The fraction of sp³-hybridized carbons (Fsp3) is 0.458. The third-order valence-corrected chi connectivity index (χ3v) is 7.10. The summed E-state index contributed by atoms with van der Waals surface area (Å²) in [7, 11) is 3.05. The van der Waals surface area contributed by atoms with Gasteiger partial charge in [-0.3, -0.25) is 4.79 Å². The lowest BCUT2D eigenvalue weighted by Crippen LogP contribution is -2.09. The number of rotatable bonds is 12. The van der Waals surface area contributed by atoms with Gasteiger partial charge < -0.3 is 19.5 Å². The molecular formula is C24H30BrN3O4S. The van der Waals surface area contributed by atoms with Crippen molar-refractivity contribution in [2.24, 2.45) is 0 Å². The van der Waals surface area contributed by atoms with Gasteiger partial charge in [-0.25, -0.2) is 9.97 Å². The number of esters is 1. The molecule has 0 aliphatic heterocycles. The molecule has 0 fully saturated rings. The minimum atomic E-state index is -0.157. The van der Waals surface area contributed by atoms with Gasteiger partial charge in [0.1, 0.15) is 11.6 Å². The number of carbonyl (C=O) groups excluding carboxylic acids is 1. The minimum absolute atomic E-state index is 0.0971. The number of hydrogen-bond acceptors (Lipinski definition) is 8. The normalized spacial score (nSPS) is 11.9. The molecule has 33 heavy (non-hydrogen) atoms. The Morgan fingerprint density at radius 3 is 2.61 bits per heavy atom. The van der Waals surface area contributed by atoms with Crippen LogP contribution in [0.25, 0.3) is 10.9 Å². The first kappa shape index (κ1) is 25.2. The number of carbonyl (C=O) groups is 1. The number of aryl methyl sites for hydroxylation is 1. The molecule has 0 aliphatic carbocycles. The maximum Gasteiger partial charge on any atom is 0.305 e. The Balaban J connectivity index is 1.68. The predicted octanol–water partition coefficient (Wildman–Crippen LogP) is 6.45. The van der Waals surface area contributed by atoms with E-state index in [0.717, 1.165) is 46.9 Å². The summed E-state index contributed by atoms with van der Waals surface area (Å²) in [6, 6.07) is 6.05. The fourth-order valence-corrected chi connectivity index (χ4v) is 4.93. The highest BCUT2D eigenvalue weighted by Gasteiger charge is 2.16. The number of nitrogens with one attached hydrogen (secondary N) is 1. The number of hydrogen-bond donors (Lipinski definition) is 1. The molecule has 2 aromatic heterocycles. The maximum absolute atomic E-state index is 11.2. The van der Waals surface area contributed by atoms with E-state index in [4.69, 9.17) is 9.47 Å². The second kappa shape index (κ2) is 12.2. The summed E-state index contributed by atoms with van der Waals surface area (Å²) < 4.78 is 17.4. The van der Waals surface area contributed by atoms with E-state index in [-0.39, 0.29) is 12.0 Å². The lowest BCUT2D eigenvalue weighted by Gasteiger charge is -2.17. The molecular weight excluding hydrogens is 506 g/mol. The van der Waals surface area contributed by atoms with Crippen LogP contribution in [0.15, 0.2) is 28.1 Å². The summed E-state index contributed by atoms with van der Waals surface area (Å²) in [4.78, 5) is 21.6. The quantitative estimate of drug-likeness (QED) is 0.211. The van der Waals surface area contributed by atoms with Crippen LogP contribution in [0.5, 0.6) is 11.5 Å². The average molecular weight is 536 g/mol. The first-order valence-electron chi connectivity index (χ1n) is 11.0. The first-order valence-corrected chi connectivity index (χ1v) is 12.6. The molecule has 9 heteroatoms. The first-order chi connectivity index (χ1) is 15.9. The third-order valence-electron chi connectivity index (χ3n) is 5.22. The van der Waals surface area contributed by atoms with Crippen molar-refractivity contribution in [3.63, 3.8) is 0 Å². The topological polar surface area (TPSA) is 82.6 Å². The zero-order valence-corrected chi connectivity index (χ0v) is 21.8. The van der Waals surface area contributed by atoms with Crippen LogP contribution in [-0.4, -0.2) is 36.8 Å². The minimum Gasteiger partial charge on any atom is -0.493 e. The summed E-state index contributed by atoms with van der Waals surface area (Å²) in [5, 5.41) is 6.48. The number of methoxy groups -OCH3 is 2. The molecule has 1 unspecified atom stereocenters. The lowest BCUT2D eigenvalue weighted by molar-refractivity contribution is -0.140. The number of halogens is 1. The van der Waals surface area contributed by atoms with Crippen LogP contribution in [0.3, 0.4) is 0 Å². The molecule has 0 amide bonds. The highest BCUT2D eigenvalue weighted by atomic mass is 79.9. The molecule has 3 aromatic rings. The van der Waals surface area contributed by atoms with E-state index >= 15 is 0 Å². The Bertz CT molecular complexity index is 1090. The SMILES string of the molecule is COC(=O)CCCCCCOc1cc2nc(C)nc(NC(C)c3cc(Br)cs3)c2cc1OC. The zero-order chi connectivity index (χ0) is 23.8. The second-order valence-electron chi connectivity index (χ2n) is 7.76. The van der Waals surface area contributed by atoms with E-state index in [1.54, 1.807) is 18.4 Å². The van der Waals surface area contributed by atoms with Crippen molar-refractivity contribution in [1.82, 2.24) is 9.97 Å². The van der Waals surface area contributed by atoms with Gasteiger partial charge in [-0.2, -0.15) is 0 Å². The molecule has 0 radical (unpaired) electrons. The van der Waals surface area contributed by atoms with Crippen LogP contribution < -0.4 is 14.8 Å². The van der Waals surface area contributed by atoms with Gasteiger partial charge >= 0.3 is 5.97 Å². The second-order valence-corrected chi connectivity index (χ2v) is 9.62. The third kappa shape index (κ3) is 7.04. The van der Waals surface area contributed by atoms with Gasteiger partial charge in [-0.1, -0.05) is 12.8 Å². The molecule has 178 valence electrons. The zero-order valence-electron chi connectivity index (χ0n) is 19.4. The van der Waals surface area contributed by atoms with Gasteiger partial charge in [0.15, 0.2) is 11.5 Å². The monoisotopic (exact) mass is 535 g/mol. The van der Waals surface area contributed by atoms with Gasteiger partial charge in [-0.05, 0) is 54.8 Å². The fourth-order valence-electron chi connectivity index (χ4n) is 3.48. The van der Waals surface area contributed by atoms with E-state index in [1.807, 2.05) is 19.1 Å². The number of nitrogens with zero attached hydrogens (tertiary/aromatic N) is 2. The molecule has 0 saturated carbocycles. The molecule has 1 aromatic carbocycles. The highest BCUT2D eigenvalue weighted by molar-refractivity contribution is 9.10. The molecule has 1 N–H and O–H groups in total. The van der Waals surface area contributed by atoms with Crippen molar-refractivity contribution in [1.29, 1.82) is 0 Å². The summed E-state index contributed by atoms with van der Waals surface area (Å²) in [6.07, 6.45) is 4.14. The van der Waals surface area contributed by atoms with Gasteiger partial charge in [-0.15, -0.1) is 11.3 Å². The number of aromatic nitrogens is 2. The van der Waals surface area contributed by atoms with E-state index in [9.17, 15) is 4.79 Å². The summed E-state index contributed by atoms with van der Waals surface area (Å²) in [5.41, 5.74) is 0.804. The van der Waals surface area contributed by atoms with Crippen molar-refractivity contribution < 1.29 is 19.0 Å². The standard InChI is InChI=1S/C24H30BrN3O4S/c1-15(22-11-17(25)14-33-22)26-24-18-12-20(30-3)21(13-19(18)27-16(2)28-24)32-10-8-6-5-7-9-23(29)31-4/h11-15H,5-10H2,1-4H3,(H,26,27,28). The summed E-state index contributed by atoms with van der Waals surface area (Å²) >= 11 is 5.21. The number of thiophene rings is 1. The van der Waals surface area contributed by atoms with E-state index in [2.05, 4.69) is 54.3 Å². The van der Waals surface area contributed by atoms with E-state index in [1.165, 1.54) is 12.0 Å². The van der Waals surface area contributed by atoms with Crippen LogP contribution in [-0.2, 0) is 9.53 Å². The lowest BCUT2D eigenvalue weighted by atomic mass is 10.1. The van der Waals surface area contributed by atoms with Crippen molar-refractivity contribution in [3.05, 3.63) is 38.8 Å². The van der Waals surface area contributed by atoms with Crippen LogP contribution in [0, 0.1) is 6.92 Å². The van der Waals surface area contributed by atoms with E-state index < -0.39 is 0 Å². The highest BCUT2D eigenvalue weighted by Crippen LogP contribution is 2.36. The average Bonchev–Trinajstić information content (AvgIpc) is 3.24. The van der Waals surface area contributed by atoms with Crippen molar-refractivity contribution in [2.45, 2.75) is 52.0 Å². The Hall–Kier alpha value is -2.39. The van der Waals surface area contributed by atoms with Crippen molar-refractivity contribution in [3.8, 4) is 11.5 Å². The van der Waals surface area contributed by atoms with E-state index in [0.29, 0.717) is 30.4 Å².